The maximum absolute atomic E-state index is 12.9. The van der Waals surface area contributed by atoms with Crippen LogP contribution in [0.2, 0.25) is 5.02 Å². The second-order valence-electron chi connectivity index (χ2n) is 8.28. The van der Waals surface area contributed by atoms with Gasteiger partial charge in [-0.05, 0) is 66.8 Å². The minimum absolute atomic E-state index is 0.117. The Labute approximate surface area is 193 Å². The van der Waals surface area contributed by atoms with Crippen LogP contribution in [0.1, 0.15) is 28.1 Å². The van der Waals surface area contributed by atoms with Crippen molar-refractivity contribution >= 4 is 39.9 Å². The maximum Gasteiger partial charge on any atom is 0.289 e. The number of carbonyl (C=O) groups is 1. The lowest BCUT2D eigenvalue weighted by molar-refractivity contribution is 0.0765. The van der Waals surface area contributed by atoms with Gasteiger partial charge in [-0.1, -0.05) is 48.0 Å². The Morgan fingerprint density at radius 1 is 0.969 bits per heavy atom. The van der Waals surface area contributed by atoms with E-state index >= 15 is 0 Å². The summed E-state index contributed by atoms with van der Waals surface area (Å²) in [4.78, 5) is 17.1. The molecule has 2 heterocycles. The third-order valence-electron chi connectivity index (χ3n) is 6.14. The molecule has 5 rings (SSSR count). The average Bonchev–Trinajstić information content (AvgIpc) is 3.16. The molecular formula is C27H25ClN2O2. The van der Waals surface area contributed by atoms with Gasteiger partial charge in [-0.25, -0.2) is 0 Å². The molecule has 0 atom stereocenters. The van der Waals surface area contributed by atoms with Crippen LogP contribution in [-0.4, -0.2) is 30.9 Å². The number of furan rings is 1. The molecule has 4 nitrogen and oxygen atoms in total. The van der Waals surface area contributed by atoms with Gasteiger partial charge in [0.25, 0.3) is 5.91 Å². The number of anilines is 2. The zero-order chi connectivity index (χ0) is 22.1. The second-order valence-corrected chi connectivity index (χ2v) is 8.72. The Hall–Kier alpha value is -3.24. The number of carbonyl (C=O) groups excluding carboxylic acids is 1. The van der Waals surface area contributed by atoms with Crippen molar-refractivity contribution in [1.82, 2.24) is 4.90 Å². The number of aryl methyl sites for hydroxylation is 2. The molecule has 0 radical (unpaired) electrons. The first-order valence-corrected chi connectivity index (χ1v) is 11.4. The fourth-order valence-electron chi connectivity index (χ4n) is 4.49. The normalized spacial score (nSPS) is 12.9. The number of hydrogen-bond acceptors (Lipinski definition) is 3. The number of rotatable bonds is 5. The molecule has 32 heavy (non-hydrogen) atoms. The third-order valence-corrected chi connectivity index (χ3v) is 6.37. The van der Waals surface area contributed by atoms with Gasteiger partial charge in [-0.3, -0.25) is 4.79 Å². The number of nitrogens with zero attached hydrogens (tertiary/aromatic N) is 2. The van der Waals surface area contributed by atoms with Crippen LogP contribution in [0.4, 0.5) is 11.4 Å². The monoisotopic (exact) mass is 444 g/mol. The van der Waals surface area contributed by atoms with Gasteiger partial charge in [0.2, 0.25) is 0 Å². The van der Waals surface area contributed by atoms with Gasteiger partial charge in [0.1, 0.15) is 5.58 Å². The molecule has 0 saturated heterocycles. The van der Waals surface area contributed by atoms with Crippen molar-refractivity contribution in [3.05, 3.63) is 94.7 Å². The van der Waals surface area contributed by atoms with E-state index in [1.165, 1.54) is 22.5 Å². The summed E-state index contributed by atoms with van der Waals surface area (Å²) in [5.41, 5.74) is 5.94. The first kappa shape index (κ1) is 20.7. The number of halogens is 1. The van der Waals surface area contributed by atoms with Crippen molar-refractivity contribution < 1.29 is 9.21 Å². The molecule has 3 aromatic carbocycles. The van der Waals surface area contributed by atoms with Crippen molar-refractivity contribution in [3.63, 3.8) is 0 Å². The Morgan fingerprint density at radius 3 is 2.31 bits per heavy atom. The Bertz CT molecular complexity index is 1230. The molecule has 0 unspecified atom stereocenters. The van der Waals surface area contributed by atoms with E-state index in [4.69, 9.17) is 16.0 Å². The molecule has 4 aromatic rings. The summed E-state index contributed by atoms with van der Waals surface area (Å²) in [6, 6.07) is 24.4. The highest BCUT2D eigenvalue weighted by Gasteiger charge is 2.21. The summed E-state index contributed by atoms with van der Waals surface area (Å²) in [5, 5.41) is 1.47. The maximum atomic E-state index is 12.9. The number of para-hydroxylation sites is 2. The van der Waals surface area contributed by atoms with Gasteiger partial charge in [0, 0.05) is 41.9 Å². The molecule has 0 saturated carbocycles. The highest BCUT2D eigenvalue weighted by atomic mass is 35.5. The van der Waals surface area contributed by atoms with Gasteiger partial charge in [0.05, 0.1) is 0 Å². The lowest BCUT2D eigenvalue weighted by Gasteiger charge is -2.28. The minimum atomic E-state index is -0.117. The molecule has 5 heteroatoms. The molecule has 1 aromatic heterocycles. The predicted octanol–water partition coefficient (Wildman–Crippen LogP) is 6.49. The molecule has 1 aliphatic rings. The number of benzene rings is 3. The van der Waals surface area contributed by atoms with Crippen LogP contribution < -0.4 is 4.90 Å². The summed E-state index contributed by atoms with van der Waals surface area (Å²) in [7, 11) is 1.83. The van der Waals surface area contributed by atoms with Crippen molar-refractivity contribution in [2.24, 2.45) is 0 Å². The third kappa shape index (κ3) is 3.98. The second kappa shape index (κ2) is 8.71. The summed E-state index contributed by atoms with van der Waals surface area (Å²) >= 11 is 6.05. The van der Waals surface area contributed by atoms with Gasteiger partial charge >= 0.3 is 0 Å². The molecule has 1 amide bonds. The summed E-state index contributed by atoms with van der Waals surface area (Å²) in [6.45, 7) is 1.47. The fraction of sp³-hybridized carbons (Fsp3) is 0.222. The summed E-state index contributed by atoms with van der Waals surface area (Å²) in [5.74, 6) is 0.226. The molecule has 0 N–H and O–H groups in total. The summed E-state index contributed by atoms with van der Waals surface area (Å²) < 4.78 is 5.75. The van der Waals surface area contributed by atoms with Crippen molar-refractivity contribution in [3.8, 4) is 0 Å². The van der Waals surface area contributed by atoms with Crippen LogP contribution in [0, 0.1) is 0 Å². The lowest BCUT2D eigenvalue weighted by Crippen LogP contribution is -2.30. The van der Waals surface area contributed by atoms with Crippen LogP contribution in [0.15, 0.2) is 77.2 Å². The van der Waals surface area contributed by atoms with Crippen molar-refractivity contribution in [2.45, 2.75) is 19.3 Å². The van der Waals surface area contributed by atoms with Gasteiger partial charge in [-0.15, -0.1) is 0 Å². The number of fused-ring (bicyclic) bond motifs is 3. The molecule has 0 bridgehead atoms. The molecule has 0 spiro atoms. The van der Waals surface area contributed by atoms with E-state index in [1.807, 2.05) is 13.1 Å². The Balaban J connectivity index is 1.31. The fourth-order valence-corrected chi connectivity index (χ4v) is 4.67. The van der Waals surface area contributed by atoms with Crippen LogP contribution >= 0.6 is 11.6 Å². The van der Waals surface area contributed by atoms with E-state index in [0.717, 1.165) is 31.2 Å². The van der Waals surface area contributed by atoms with Crippen LogP contribution in [-0.2, 0) is 12.8 Å². The zero-order valence-corrected chi connectivity index (χ0v) is 18.8. The zero-order valence-electron chi connectivity index (χ0n) is 18.1. The molecule has 0 aliphatic carbocycles. The van der Waals surface area contributed by atoms with Crippen LogP contribution in [0.3, 0.4) is 0 Å². The SMILES string of the molecule is CN(CCCN1c2ccccc2CCc2ccccc21)C(=O)c1cc2cc(Cl)ccc2o1. The Morgan fingerprint density at radius 2 is 1.62 bits per heavy atom. The van der Waals surface area contributed by atoms with E-state index < -0.39 is 0 Å². The standard InChI is InChI=1S/C27H25ClN2O2/c1-29(27(31)26-18-21-17-22(28)13-14-25(21)32-26)15-6-16-30-23-9-4-2-7-19(23)11-12-20-8-3-5-10-24(20)30/h2-5,7-10,13-14,17-18H,6,11-12,15-16H2,1H3. The quantitative estimate of drug-likeness (QED) is 0.353. The lowest BCUT2D eigenvalue weighted by atomic mass is 10.0. The van der Waals surface area contributed by atoms with Crippen molar-refractivity contribution in [2.75, 3.05) is 25.0 Å². The van der Waals surface area contributed by atoms with E-state index in [0.29, 0.717) is 22.9 Å². The van der Waals surface area contributed by atoms with E-state index in [1.54, 1.807) is 23.1 Å². The van der Waals surface area contributed by atoms with Crippen LogP contribution in [0.5, 0.6) is 0 Å². The number of hydrogen-bond donors (Lipinski definition) is 0. The Kier molecular flexibility index (Phi) is 5.62. The largest absolute Gasteiger partial charge is 0.451 e. The first-order chi connectivity index (χ1) is 15.6. The van der Waals surface area contributed by atoms with E-state index in [-0.39, 0.29) is 5.91 Å². The number of amides is 1. The van der Waals surface area contributed by atoms with Gasteiger partial charge in [-0.2, -0.15) is 0 Å². The van der Waals surface area contributed by atoms with E-state index in [2.05, 4.69) is 53.4 Å². The molecule has 0 fully saturated rings. The minimum Gasteiger partial charge on any atom is -0.451 e. The topological polar surface area (TPSA) is 36.7 Å². The van der Waals surface area contributed by atoms with Crippen molar-refractivity contribution in [1.29, 1.82) is 0 Å². The highest BCUT2D eigenvalue weighted by molar-refractivity contribution is 6.31. The van der Waals surface area contributed by atoms with E-state index in [9.17, 15) is 4.79 Å². The highest BCUT2D eigenvalue weighted by Crippen LogP contribution is 2.36. The smallest absolute Gasteiger partial charge is 0.289 e. The summed E-state index contributed by atoms with van der Waals surface area (Å²) in [6.07, 6.45) is 2.92. The molecule has 162 valence electrons. The predicted molar refractivity (Wildman–Crippen MR) is 130 cm³/mol. The van der Waals surface area contributed by atoms with Crippen LogP contribution in [0.25, 0.3) is 11.0 Å². The average molecular weight is 445 g/mol. The van der Waals surface area contributed by atoms with Gasteiger partial charge < -0.3 is 14.2 Å². The first-order valence-electron chi connectivity index (χ1n) is 11.0. The van der Waals surface area contributed by atoms with Gasteiger partial charge in [0.15, 0.2) is 5.76 Å². The molecule has 1 aliphatic heterocycles. The molecular weight excluding hydrogens is 420 g/mol.